The number of ether oxygens (including phenoxy) is 2. The smallest absolute Gasteiger partial charge is 0.250 e. The Balaban J connectivity index is 1.95. The predicted molar refractivity (Wildman–Crippen MR) is 144 cm³/mol. The fraction of sp³-hybridized carbons (Fsp3) is 0.333. The number of sulfone groups is 1. The van der Waals surface area contributed by atoms with Crippen LogP contribution in [0, 0.1) is 6.92 Å². The Hall–Kier alpha value is -2.98. The molecule has 0 radical (unpaired) electrons. The molecule has 8 nitrogen and oxygen atoms in total. The van der Waals surface area contributed by atoms with Crippen molar-refractivity contribution in [1.29, 1.82) is 0 Å². The highest BCUT2D eigenvalue weighted by atomic mass is 35.5. The van der Waals surface area contributed by atoms with E-state index in [4.69, 9.17) is 21.1 Å². The van der Waals surface area contributed by atoms with Crippen LogP contribution in [0.4, 0.5) is 0 Å². The molecule has 1 N–H and O–H groups in total. The Morgan fingerprint density at radius 1 is 1.08 bits per heavy atom. The van der Waals surface area contributed by atoms with Gasteiger partial charge in [0.1, 0.15) is 0 Å². The van der Waals surface area contributed by atoms with E-state index >= 15 is 0 Å². The summed E-state index contributed by atoms with van der Waals surface area (Å²) in [5.74, 6) is -0.269. The van der Waals surface area contributed by atoms with Gasteiger partial charge in [0.05, 0.1) is 30.4 Å². The van der Waals surface area contributed by atoms with Crippen molar-refractivity contribution in [3.05, 3.63) is 98.4 Å². The van der Waals surface area contributed by atoms with Crippen molar-refractivity contribution < 1.29 is 23.1 Å². The summed E-state index contributed by atoms with van der Waals surface area (Å²) in [6.07, 6.45) is 3.10. The van der Waals surface area contributed by atoms with Crippen molar-refractivity contribution in [3.63, 3.8) is 0 Å². The van der Waals surface area contributed by atoms with Gasteiger partial charge in [0, 0.05) is 55.1 Å². The molecule has 1 atom stereocenters. The second-order valence-electron chi connectivity index (χ2n) is 8.70. The van der Waals surface area contributed by atoms with Crippen LogP contribution in [0.5, 0.6) is 0 Å². The number of rotatable bonds is 12. The van der Waals surface area contributed by atoms with Gasteiger partial charge < -0.3 is 19.2 Å². The van der Waals surface area contributed by atoms with Crippen LogP contribution in [-0.4, -0.2) is 57.1 Å². The first kappa shape index (κ1) is 28.6. The van der Waals surface area contributed by atoms with E-state index in [0.717, 1.165) is 22.9 Å². The van der Waals surface area contributed by atoms with Gasteiger partial charge >= 0.3 is 0 Å². The molecule has 0 saturated carbocycles. The van der Waals surface area contributed by atoms with Gasteiger partial charge in [-0.1, -0.05) is 35.0 Å². The van der Waals surface area contributed by atoms with Gasteiger partial charge in [-0.05, 0) is 53.9 Å². The molecule has 3 aromatic rings. The summed E-state index contributed by atoms with van der Waals surface area (Å²) in [6, 6.07) is 15.3. The van der Waals surface area contributed by atoms with E-state index in [2.05, 4.69) is 5.16 Å². The lowest BCUT2D eigenvalue weighted by Gasteiger charge is -2.21. The van der Waals surface area contributed by atoms with Crippen LogP contribution in [0.1, 0.15) is 34.6 Å². The van der Waals surface area contributed by atoms with Crippen LogP contribution in [0.3, 0.4) is 0 Å². The van der Waals surface area contributed by atoms with Crippen LogP contribution in [0.15, 0.2) is 75.6 Å². The number of hydrogen-bond donors (Lipinski definition) is 1. The summed E-state index contributed by atoms with van der Waals surface area (Å²) in [6.45, 7) is 3.50. The Morgan fingerprint density at radius 2 is 1.81 bits per heavy atom. The molecule has 0 bridgehead atoms. The van der Waals surface area contributed by atoms with Crippen molar-refractivity contribution in [2.45, 2.75) is 30.7 Å². The lowest BCUT2D eigenvalue weighted by molar-refractivity contribution is 0.0663. The third-order valence-electron chi connectivity index (χ3n) is 6.06. The van der Waals surface area contributed by atoms with Crippen LogP contribution < -0.4 is 5.56 Å². The minimum absolute atomic E-state index is 0.196. The standard InChI is InChI=1S/C27H31ClN2O6S/c1-19-16-22(28)7-10-24(19)25(20-4-8-23(9-5-20)37(3,33)34)17-26(29-32)21-6-11-27(31)30(18-21)12-13-36-15-14-35-2/h4-11,16,18,25,32H,12-15,17H2,1-3H3/b29-26+. The topological polar surface area (TPSA) is 107 Å². The molecule has 198 valence electrons. The van der Waals surface area contributed by atoms with Gasteiger partial charge in [0.15, 0.2) is 9.84 Å². The maximum Gasteiger partial charge on any atom is 0.250 e. The highest BCUT2D eigenvalue weighted by Crippen LogP contribution is 2.33. The first-order valence-corrected chi connectivity index (χ1v) is 14.0. The first-order chi connectivity index (χ1) is 17.6. The second-order valence-corrected chi connectivity index (χ2v) is 11.2. The molecule has 0 aliphatic carbocycles. The van der Waals surface area contributed by atoms with Crippen molar-refractivity contribution in [2.24, 2.45) is 5.16 Å². The average Bonchev–Trinajstić information content (AvgIpc) is 2.86. The third-order valence-corrected chi connectivity index (χ3v) is 7.42. The summed E-state index contributed by atoms with van der Waals surface area (Å²) in [4.78, 5) is 12.6. The molecule has 1 aromatic heterocycles. The van der Waals surface area contributed by atoms with E-state index in [1.165, 1.54) is 10.6 Å². The molecule has 0 aliphatic rings. The molecule has 2 aromatic carbocycles. The van der Waals surface area contributed by atoms with Gasteiger partial charge in [0.25, 0.3) is 5.56 Å². The Bertz CT molecular complexity index is 1400. The van der Waals surface area contributed by atoms with Crippen molar-refractivity contribution in [3.8, 4) is 0 Å². The lowest BCUT2D eigenvalue weighted by Crippen LogP contribution is -2.23. The van der Waals surface area contributed by atoms with Crippen molar-refractivity contribution in [1.82, 2.24) is 4.57 Å². The zero-order chi connectivity index (χ0) is 27.0. The van der Waals surface area contributed by atoms with Crippen molar-refractivity contribution >= 4 is 27.1 Å². The number of oxime groups is 1. The summed E-state index contributed by atoms with van der Waals surface area (Å²) in [7, 11) is -1.76. The second kappa shape index (κ2) is 13.0. The predicted octanol–water partition coefficient (Wildman–Crippen LogP) is 4.28. The summed E-state index contributed by atoms with van der Waals surface area (Å²) >= 11 is 6.19. The SMILES string of the molecule is COCCOCCn1cc(/C(CC(c2ccc(S(C)(=O)=O)cc2)c2ccc(Cl)cc2C)=N/O)ccc1=O. The number of hydrogen-bond acceptors (Lipinski definition) is 7. The van der Waals surface area contributed by atoms with Gasteiger partial charge in [-0.2, -0.15) is 0 Å². The zero-order valence-electron chi connectivity index (χ0n) is 21.1. The van der Waals surface area contributed by atoms with Crippen LogP contribution >= 0.6 is 11.6 Å². The summed E-state index contributed by atoms with van der Waals surface area (Å²) < 4.78 is 35.9. The van der Waals surface area contributed by atoms with E-state index in [0.29, 0.717) is 49.1 Å². The van der Waals surface area contributed by atoms with Gasteiger partial charge in [0.2, 0.25) is 0 Å². The average molecular weight is 547 g/mol. The third kappa shape index (κ3) is 7.75. The molecular formula is C27H31ClN2O6S. The molecule has 0 saturated heterocycles. The number of pyridine rings is 1. The highest BCUT2D eigenvalue weighted by Gasteiger charge is 2.22. The van der Waals surface area contributed by atoms with E-state index in [1.54, 1.807) is 49.7 Å². The monoisotopic (exact) mass is 546 g/mol. The molecule has 0 amide bonds. The van der Waals surface area contributed by atoms with E-state index in [1.807, 2.05) is 19.1 Å². The minimum atomic E-state index is -3.35. The molecule has 3 rings (SSSR count). The first-order valence-electron chi connectivity index (χ1n) is 11.7. The number of nitrogens with zero attached hydrogens (tertiary/aromatic N) is 2. The lowest BCUT2D eigenvalue weighted by atomic mass is 9.83. The normalized spacial score (nSPS) is 13.0. The molecule has 0 spiro atoms. The molecular weight excluding hydrogens is 516 g/mol. The number of benzene rings is 2. The van der Waals surface area contributed by atoms with Crippen LogP contribution in [-0.2, 0) is 25.9 Å². The molecule has 10 heteroatoms. The number of aryl methyl sites for hydroxylation is 1. The Labute approximate surface area is 222 Å². The van der Waals surface area contributed by atoms with E-state index in [-0.39, 0.29) is 16.4 Å². The van der Waals surface area contributed by atoms with Gasteiger partial charge in [-0.25, -0.2) is 8.42 Å². The maximum absolute atomic E-state index is 12.4. The quantitative estimate of drug-likeness (QED) is 0.157. The van der Waals surface area contributed by atoms with Crippen LogP contribution in [0.2, 0.25) is 5.02 Å². The molecule has 37 heavy (non-hydrogen) atoms. The number of halogens is 1. The largest absolute Gasteiger partial charge is 0.411 e. The van der Waals surface area contributed by atoms with Gasteiger partial charge in [-0.15, -0.1) is 0 Å². The fourth-order valence-electron chi connectivity index (χ4n) is 4.08. The summed E-state index contributed by atoms with van der Waals surface area (Å²) in [5, 5.41) is 14.2. The summed E-state index contributed by atoms with van der Waals surface area (Å²) in [5.41, 5.74) is 3.51. The molecule has 0 fully saturated rings. The van der Waals surface area contributed by atoms with E-state index in [9.17, 15) is 18.4 Å². The van der Waals surface area contributed by atoms with Crippen molar-refractivity contribution in [2.75, 3.05) is 33.2 Å². The molecule has 1 heterocycles. The highest BCUT2D eigenvalue weighted by molar-refractivity contribution is 7.90. The minimum Gasteiger partial charge on any atom is -0.411 e. The zero-order valence-corrected chi connectivity index (χ0v) is 22.6. The Morgan fingerprint density at radius 3 is 2.43 bits per heavy atom. The molecule has 0 aliphatic heterocycles. The number of methoxy groups -OCH3 is 1. The Kier molecular flexibility index (Phi) is 10.0. The van der Waals surface area contributed by atoms with Gasteiger partial charge in [-0.3, -0.25) is 4.79 Å². The number of aromatic nitrogens is 1. The maximum atomic E-state index is 12.4. The fourth-order valence-corrected chi connectivity index (χ4v) is 4.94. The van der Waals surface area contributed by atoms with Crippen LogP contribution in [0.25, 0.3) is 0 Å². The van der Waals surface area contributed by atoms with E-state index < -0.39 is 9.84 Å². The molecule has 1 unspecified atom stereocenters.